The lowest BCUT2D eigenvalue weighted by Crippen LogP contribution is -2.54. The summed E-state index contributed by atoms with van der Waals surface area (Å²) in [5, 5.41) is 17.3. The number of nitriles is 1. The number of carbonyl (C=O) groups is 2. The zero-order valence-corrected chi connectivity index (χ0v) is 15.1. The summed E-state index contributed by atoms with van der Waals surface area (Å²) in [5.74, 6) is 0.00217. The molecule has 1 saturated carbocycles. The Morgan fingerprint density at radius 2 is 2.08 bits per heavy atom. The molecule has 25 heavy (non-hydrogen) atoms. The van der Waals surface area contributed by atoms with Crippen molar-refractivity contribution < 1.29 is 9.59 Å². The molecule has 1 saturated heterocycles. The van der Waals surface area contributed by atoms with Crippen molar-refractivity contribution in [1.82, 2.24) is 15.1 Å². The highest BCUT2D eigenvalue weighted by Crippen LogP contribution is 2.23. The fraction of sp³-hybridized carbons (Fsp3) is 0.588. The molecule has 134 valence electrons. The summed E-state index contributed by atoms with van der Waals surface area (Å²) in [4.78, 5) is 28.5. The Labute approximate surface area is 151 Å². The summed E-state index contributed by atoms with van der Waals surface area (Å²) in [5.41, 5.74) is 0.497. The summed E-state index contributed by atoms with van der Waals surface area (Å²) < 4.78 is 0. The number of anilines is 1. The Morgan fingerprint density at radius 1 is 1.36 bits per heavy atom. The molecule has 0 aromatic carbocycles. The molecular weight excluding hydrogens is 338 g/mol. The topological polar surface area (TPSA) is 88.5 Å². The molecule has 1 aliphatic heterocycles. The smallest absolute Gasteiger partial charge is 0.242 e. The molecule has 2 heterocycles. The Hall–Kier alpha value is -1.95. The largest absolute Gasteiger partial charge is 0.352 e. The van der Waals surface area contributed by atoms with E-state index in [2.05, 4.69) is 26.5 Å². The van der Waals surface area contributed by atoms with Crippen LogP contribution in [0.15, 0.2) is 11.4 Å². The third-order valence-corrected chi connectivity index (χ3v) is 5.50. The molecule has 1 aliphatic carbocycles. The van der Waals surface area contributed by atoms with Gasteiger partial charge in [0.05, 0.1) is 18.2 Å². The van der Waals surface area contributed by atoms with Gasteiger partial charge in [0.25, 0.3) is 0 Å². The lowest BCUT2D eigenvalue weighted by Gasteiger charge is -2.37. The summed E-state index contributed by atoms with van der Waals surface area (Å²) >= 11 is 1.36. The van der Waals surface area contributed by atoms with Gasteiger partial charge in [-0.3, -0.25) is 19.4 Å². The van der Waals surface area contributed by atoms with Crippen molar-refractivity contribution in [3.05, 3.63) is 17.0 Å². The molecule has 7 nitrogen and oxygen atoms in total. The quantitative estimate of drug-likeness (QED) is 0.784. The molecule has 0 spiro atoms. The van der Waals surface area contributed by atoms with Crippen molar-refractivity contribution in [1.29, 1.82) is 5.26 Å². The van der Waals surface area contributed by atoms with Gasteiger partial charge in [0.15, 0.2) is 0 Å². The predicted octanol–water partition coefficient (Wildman–Crippen LogP) is 0.843. The number of hydrogen-bond donors (Lipinski definition) is 2. The normalized spacial score (nSPS) is 19.8. The van der Waals surface area contributed by atoms with Gasteiger partial charge in [-0.1, -0.05) is 0 Å². The summed E-state index contributed by atoms with van der Waals surface area (Å²) in [7, 11) is 0. The third-order valence-electron chi connectivity index (χ3n) is 4.67. The minimum atomic E-state index is -0.268. The molecular formula is C17H23N5O2S. The number of carbonyl (C=O) groups excluding carboxylic acids is 2. The average Bonchev–Trinajstić information content (AvgIpc) is 3.30. The van der Waals surface area contributed by atoms with E-state index in [4.69, 9.17) is 5.26 Å². The van der Waals surface area contributed by atoms with Crippen LogP contribution in [0.25, 0.3) is 0 Å². The first-order chi connectivity index (χ1) is 12.1. The van der Waals surface area contributed by atoms with Gasteiger partial charge in [-0.25, -0.2) is 0 Å². The second-order valence-corrected chi connectivity index (χ2v) is 7.51. The Balaban J connectivity index is 1.44. The molecule has 1 aromatic heterocycles. The lowest BCUT2D eigenvalue weighted by molar-refractivity contribution is -0.124. The van der Waals surface area contributed by atoms with Crippen LogP contribution in [0.2, 0.25) is 0 Å². The lowest BCUT2D eigenvalue weighted by atomic mass is 10.2. The third kappa shape index (κ3) is 4.78. The number of nitrogens with zero attached hydrogens (tertiary/aromatic N) is 3. The summed E-state index contributed by atoms with van der Waals surface area (Å²) in [6, 6.07) is 3.91. The first-order valence-corrected chi connectivity index (χ1v) is 9.49. The predicted molar refractivity (Wildman–Crippen MR) is 96.3 cm³/mol. The van der Waals surface area contributed by atoms with Gasteiger partial charge in [0.2, 0.25) is 11.8 Å². The molecule has 1 aromatic rings. The van der Waals surface area contributed by atoms with E-state index in [9.17, 15) is 9.59 Å². The van der Waals surface area contributed by atoms with Crippen molar-refractivity contribution in [2.24, 2.45) is 0 Å². The van der Waals surface area contributed by atoms with E-state index in [-0.39, 0.29) is 17.9 Å². The number of rotatable bonds is 6. The molecule has 1 unspecified atom stereocenters. The monoisotopic (exact) mass is 361 g/mol. The fourth-order valence-corrected chi connectivity index (χ4v) is 3.63. The number of amides is 2. The van der Waals surface area contributed by atoms with Crippen LogP contribution >= 0.6 is 11.3 Å². The fourth-order valence-electron chi connectivity index (χ4n) is 2.89. The highest BCUT2D eigenvalue weighted by atomic mass is 32.1. The highest BCUT2D eigenvalue weighted by molar-refractivity contribution is 7.14. The van der Waals surface area contributed by atoms with Crippen LogP contribution in [0.3, 0.4) is 0 Å². The van der Waals surface area contributed by atoms with Gasteiger partial charge < -0.3 is 10.6 Å². The zero-order valence-electron chi connectivity index (χ0n) is 14.3. The molecule has 2 N–H and O–H groups in total. The maximum Gasteiger partial charge on any atom is 0.242 e. The molecule has 2 aliphatic rings. The molecule has 2 amide bonds. The van der Waals surface area contributed by atoms with Crippen LogP contribution in [0, 0.1) is 11.3 Å². The van der Waals surface area contributed by atoms with E-state index in [1.807, 2.05) is 6.92 Å². The minimum Gasteiger partial charge on any atom is -0.352 e. The van der Waals surface area contributed by atoms with Crippen molar-refractivity contribution in [2.75, 3.05) is 38.0 Å². The molecule has 1 atom stereocenters. The van der Waals surface area contributed by atoms with Crippen LogP contribution in [-0.4, -0.2) is 66.4 Å². The van der Waals surface area contributed by atoms with Gasteiger partial charge in [-0.05, 0) is 31.2 Å². The zero-order chi connectivity index (χ0) is 17.8. The van der Waals surface area contributed by atoms with E-state index >= 15 is 0 Å². The van der Waals surface area contributed by atoms with Crippen molar-refractivity contribution in [3.63, 3.8) is 0 Å². The molecule has 3 rings (SSSR count). The van der Waals surface area contributed by atoms with Crippen molar-refractivity contribution >= 4 is 28.2 Å². The first-order valence-electron chi connectivity index (χ1n) is 8.61. The first kappa shape index (κ1) is 17.9. The van der Waals surface area contributed by atoms with Crippen molar-refractivity contribution in [3.8, 4) is 6.07 Å². The van der Waals surface area contributed by atoms with E-state index in [1.165, 1.54) is 11.3 Å². The van der Waals surface area contributed by atoms with Crippen LogP contribution in [0.1, 0.15) is 25.3 Å². The number of nitrogens with one attached hydrogen (secondary N) is 2. The molecule has 8 heteroatoms. The number of thiophene rings is 1. The Kier molecular flexibility index (Phi) is 5.68. The summed E-state index contributed by atoms with van der Waals surface area (Å²) in [6.45, 7) is 5.37. The van der Waals surface area contributed by atoms with Crippen LogP contribution in [-0.2, 0) is 9.59 Å². The van der Waals surface area contributed by atoms with Gasteiger partial charge >= 0.3 is 0 Å². The average molecular weight is 361 g/mol. The maximum absolute atomic E-state index is 12.4. The minimum absolute atomic E-state index is 0.0983. The molecule has 0 radical (unpaired) electrons. The number of hydrogen-bond acceptors (Lipinski definition) is 6. The van der Waals surface area contributed by atoms with Gasteiger partial charge in [-0.15, -0.1) is 11.3 Å². The Morgan fingerprint density at radius 3 is 2.72 bits per heavy atom. The number of piperazine rings is 1. The van der Waals surface area contributed by atoms with E-state index in [0.717, 1.165) is 39.0 Å². The van der Waals surface area contributed by atoms with E-state index < -0.39 is 0 Å². The second-order valence-electron chi connectivity index (χ2n) is 6.59. The second kappa shape index (κ2) is 7.95. The van der Waals surface area contributed by atoms with Crippen LogP contribution < -0.4 is 10.6 Å². The molecule has 2 fully saturated rings. The Bertz CT molecular complexity index is 671. The van der Waals surface area contributed by atoms with Gasteiger partial charge in [-0.2, -0.15) is 5.26 Å². The highest BCUT2D eigenvalue weighted by Gasteiger charge is 2.28. The standard InChI is InChI=1S/C17H23N5O2S/c1-12(16(24)20-17-13(10-18)4-9-25-17)22-7-5-21(6-8-22)11-15(23)19-14-2-3-14/h4,9,12,14H,2-3,5-8,11H2,1H3,(H,19,23)(H,20,24). The van der Waals surface area contributed by atoms with Crippen LogP contribution in [0.4, 0.5) is 5.00 Å². The van der Waals surface area contributed by atoms with Gasteiger partial charge in [0, 0.05) is 32.2 Å². The maximum atomic E-state index is 12.4. The van der Waals surface area contributed by atoms with Crippen LogP contribution in [0.5, 0.6) is 0 Å². The van der Waals surface area contributed by atoms with E-state index in [1.54, 1.807) is 11.4 Å². The molecule has 0 bridgehead atoms. The SMILES string of the molecule is CC(C(=O)Nc1sccc1C#N)N1CCN(CC(=O)NC2CC2)CC1. The summed E-state index contributed by atoms with van der Waals surface area (Å²) in [6.07, 6.45) is 2.20. The van der Waals surface area contributed by atoms with E-state index in [0.29, 0.717) is 23.2 Å². The van der Waals surface area contributed by atoms with Gasteiger partial charge in [0.1, 0.15) is 11.1 Å². The van der Waals surface area contributed by atoms with Crippen molar-refractivity contribution in [2.45, 2.75) is 31.8 Å².